The predicted molar refractivity (Wildman–Crippen MR) is 81.5 cm³/mol. The van der Waals surface area contributed by atoms with Crippen molar-refractivity contribution in [3.63, 3.8) is 0 Å². The Kier molecular flexibility index (Phi) is 8.02. The predicted octanol–water partition coefficient (Wildman–Crippen LogP) is 2.02. The van der Waals surface area contributed by atoms with Crippen LogP contribution in [0.15, 0.2) is 24.3 Å². The van der Waals surface area contributed by atoms with Crippen molar-refractivity contribution in [2.45, 2.75) is 13.0 Å². The third-order valence-corrected chi connectivity index (χ3v) is 3.17. The summed E-state index contributed by atoms with van der Waals surface area (Å²) in [5.74, 6) is 0.145. The molecule has 2 N–H and O–H groups in total. The van der Waals surface area contributed by atoms with E-state index in [4.69, 9.17) is 10.5 Å². The highest BCUT2D eigenvalue weighted by Crippen LogP contribution is 2.12. The average molecular weight is 307 g/mol. The minimum atomic E-state index is -0.0949. The quantitative estimate of drug-likeness (QED) is 0.685. The highest BCUT2D eigenvalue weighted by molar-refractivity contribution is 6.00. The summed E-state index contributed by atoms with van der Waals surface area (Å²) in [6.07, 6.45) is 0. The van der Waals surface area contributed by atoms with Crippen molar-refractivity contribution in [2.75, 3.05) is 32.0 Å². The number of morpholine rings is 1. The highest BCUT2D eigenvalue weighted by atomic mass is 35.5. The molecule has 6 heteroatoms. The summed E-state index contributed by atoms with van der Waals surface area (Å²) in [4.78, 5) is 14.4. The maximum absolute atomic E-state index is 12.2. The number of hydrogen-bond donors (Lipinski definition) is 1. The molecule has 1 saturated heterocycles. The van der Waals surface area contributed by atoms with Gasteiger partial charge in [0, 0.05) is 24.3 Å². The van der Waals surface area contributed by atoms with E-state index >= 15 is 0 Å². The van der Waals surface area contributed by atoms with Crippen molar-refractivity contribution >= 4 is 36.3 Å². The molecular formula is C13H20Cl2N2O2. The van der Waals surface area contributed by atoms with E-state index < -0.39 is 0 Å². The molecule has 1 aliphatic rings. The van der Waals surface area contributed by atoms with Crippen LogP contribution in [0.5, 0.6) is 0 Å². The molecule has 1 fully saturated rings. The van der Waals surface area contributed by atoms with Gasteiger partial charge in [0.05, 0.1) is 19.3 Å². The molecule has 0 amide bonds. The molecule has 19 heavy (non-hydrogen) atoms. The zero-order valence-electron chi connectivity index (χ0n) is 10.9. The molecule has 2 rings (SSSR count). The van der Waals surface area contributed by atoms with Crippen LogP contribution in [0.1, 0.15) is 17.3 Å². The first kappa shape index (κ1) is 18.2. The smallest absolute Gasteiger partial charge is 0.179 e. The van der Waals surface area contributed by atoms with Crippen molar-refractivity contribution < 1.29 is 9.53 Å². The molecule has 1 aliphatic heterocycles. The normalized spacial score (nSPS) is 16.9. The number of rotatable bonds is 3. The number of benzene rings is 1. The first-order valence-electron chi connectivity index (χ1n) is 5.90. The van der Waals surface area contributed by atoms with Crippen molar-refractivity contribution in [3.8, 4) is 0 Å². The number of ketones is 1. The van der Waals surface area contributed by atoms with Gasteiger partial charge in [-0.1, -0.05) is 0 Å². The van der Waals surface area contributed by atoms with Gasteiger partial charge < -0.3 is 10.5 Å². The third kappa shape index (κ3) is 4.66. The number of carbonyl (C=O) groups excluding carboxylic acids is 1. The fourth-order valence-electron chi connectivity index (χ4n) is 2.02. The van der Waals surface area contributed by atoms with Gasteiger partial charge in [-0.25, -0.2) is 0 Å². The van der Waals surface area contributed by atoms with Gasteiger partial charge in [0.1, 0.15) is 0 Å². The van der Waals surface area contributed by atoms with E-state index in [9.17, 15) is 4.79 Å². The third-order valence-electron chi connectivity index (χ3n) is 3.17. The van der Waals surface area contributed by atoms with Crippen LogP contribution in [0, 0.1) is 0 Å². The fourth-order valence-corrected chi connectivity index (χ4v) is 2.02. The standard InChI is InChI=1S/C13H18N2O2.2ClH/c1-10(15-6-8-17-9-7-15)13(16)11-2-4-12(14)5-3-11;;/h2-5,10H,6-9,14H2,1H3;2*1H. The maximum atomic E-state index is 12.2. The minimum absolute atomic E-state index is 0. The van der Waals surface area contributed by atoms with Crippen LogP contribution < -0.4 is 5.73 Å². The SMILES string of the molecule is CC(C(=O)c1ccc(N)cc1)N1CCOCC1.Cl.Cl. The first-order valence-corrected chi connectivity index (χ1v) is 5.90. The number of nitrogens with zero attached hydrogens (tertiary/aromatic N) is 1. The van der Waals surface area contributed by atoms with Crippen LogP contribution in [0.4, 0.5) is 5.69 Å². The lowest BCUT2D eigenvalue weighted by Crippen LogP contribution is -2.45. The van der Waals surface area contributed by atoms with Gasteiger partial charge in [-0.15, -0.1) is 24.8 Å². The van der Waals surface area contributed by atoms with Crippen molar-refractivity contribution in [3.05, 3.63) is 29.8 Å². The summed E-state index contributed by atoms with van der Waals surface area (Å²) < 4.78 is 5.28. The molecular weight excluding hydrogens is 287 g/mol. The minimum Gasteiger partial charge on any atom is -0.399 e. The Morgan fingerprint density at radius 3 is 2.26 bits per heavy atom. The second kappa shape index (κ2) is 8.38. The van der Waals surface area contributed by atoms with E-state index in [0.717, 1.165) is 18.7 Å². The lowest BCUT2D eigenvalue weighted by Gasteiger charge is -2.31. The topological polar surface area (TPSA) is 55.6 Å². The zero-order chi connectivity index (χ0) is 12.3. The molecule has 0 saturated carbocycles. The second-order valence-corrected chi connectivity index (χ2v) is 4.31. The Morgan fingerprint density at radius 1 is 1.21 bits per heavy atom. The number of Topliss-reactive ketones (excluding diaryl/α,β-unsaturated/α-hetero) is 1. The van der Waals surface area contributed by atoms with E-state index in [0.29, 0.717) is 18.9 Å². The van der Waals surface area contributed by atoms with Gasteiger partial charge in [-0.3, -0.25) is 9.69 Å². The molecule has 108 valence electrons. The molecule has 1 atom stereocenters. The van der Waals surface area contributed by atoms with E-state index in [1.165, 1.54) is 0 Å². The van der Waals surface area contributed by atoms with Crippen LogP contribution >= 0.6 is 24.8 Å². The Balaban J connectivity index is 0.00000162. The molecule has 0 aliphatic carbocycles. The second-order valence-electron chi connectivity index (χ2n) is 4.31. The van der Waals surface area contributed by atoms with Crippen molar-refractivity contribution in [1.82, 2.24) is 4.90 Å². The molecule has 0 bridgehead atoms. The molecule has 1 aromatic carbocycles. The van der Waals surface area contributed by atoms with E-state index in [1.807, 2.05) is 6.92 Å². The van der Waals surface area contributed by atoms with Crippen LogP contribution in [0.25, 0.3) is 0 Å². The van der Waals surface area contributed by atoms with Gasteiger partial charge >= 0.3 is 0 Å². The molecule has 1 aromatic rings. The Hall–Kier alpha value is -0.810. The van der Waals surface area contributed by atoms with Gasteiger partial charge in [-0.05, 0) is 31.2 Å². The van der Waals surface area contributed by atoms with Gasteiger partial charge in [0.25, 0.3) is 0 Å². The first-order chi connectivity index (χ1) is 8.18. The molecule has 0 aromatic heterocycles. The number of anilines is 1. The highest BCUT2D eigenvalue weighted by Gasteiger charge is 2.23. The molecule has 0 spiro atoms. The lowest BCUT2D eigenvalue weighted by atomic mass is 10.0. The van der Waals surface area contributed by atoms with Gasteiger partial charge in [0.2, 0.25) is 0 Å². The van der Waals surface area contributed by atoms with Gasteiger partial charge in [-0.2, -0.15) is 0 Å². The summed E-state index contributed by atoms with van der Waals surface area (Å²) in [6.45, 7) is 5.01. The molecule has 4 nitrogen and oxygen atoms in total. The van der Waals surface area contributed by atoms with Gasteiger partial charge in [0.15, 0.2) is 5.78 Å². The number of halogens is 2. The number of hydrogen-bond acceptors (Lipinski definition) is 4. The number of nitrogen functional groups attached to an aromatic ring is 1. The molecule has 1 unspecified atom stereocenters. The van der Waals surface area contributed by atoms with Crippen LogP contribution in [0.3, 0.4) is 0 Å². The van der Waals surface area contributed by atoms with Crippen molar-refractivity contribution in [1.29, 1.82) is 0 Å². The van der Waals surface area contributed by atoms with E-state index in [1.54, 1.807) is 24.3 Å². The van der Waals surface area contributed by atoms with Crippen molar-refractivity contribution in [2.24, 2.45) is 0 Å². The van der Waals surface area contributed by atoms with E-state index in [-0.39, 0.29) is 36.6 Å². The fraction of sp³-hybridized carbons (Fsp3) is 0.462. The lowest BCUT2D eigenvalue weighted by molar-refractivity contribution is 0.0208. The van der Waals surface area contributed by atoms with E-state index in [2.05, 4.69) is 4.90 Å². The summed E-state index contributed by atoms with van der Waals surface area (Å²) >= 11 is 0. The number of ether oxygens (including phenoxy) is 1. The van der Waals surface area contributed by atoms with Crippen LogP contribution in [0.2, 0.25) is 0 Å². The zero-order valence-corrected chi connectivity index (χ0v) is 12.5. The number of nitrogens with two attached hydrogens (primary N) is 1. The monoisotopic (exact) mass is 306 g/mol. The molecule has 1 heterocycles. The Morgan fingerprint density at radius 2 is 1.74 bits per heavy atom. The van der Waals surface area contributed by atoms with Crippen LogP contribution in [-0.2, 0) is 4.74 Å². The Bertz CT molecular complexity index is 392. The number of carbonyl (C=O) groups is 1. The summed E-state index contributed by atoms with van der Waals surface area (Å²) in [5, 5.41) is 0. The summed E-state index contributed by atoms with van der Waals surface area (Å²) in [5.41, 5.74) is 7.01. The largest absolute Gasteiger partial charge is 0.399 e. The molecule has 0 radical (unpaired) electrons. The Labute approximate surface area is 126 Å². The van der Waals surface area contributed by atoms with Crippen LogP contribution in [-0.4, -0.2) is 43.0 Å². The average Bonchev–Trinajstić information content (AvgIpc) is 2.39. The maximum Gasteiger partial charge on any atom is 0.179 e. The summed E-state index contributed by atoms with van der Waals surface area (Å²) in [6, 6.07) is 7.00. The summed E-state index contributed by atoms with van der Waals surface area (Å²) in [7, 11) is 0.